The minimum absolute atomic E-state index is 0.195. The first-order valence-electron chi connectivity index (χ1n) is 10.2. The number of benzene rings is 3. The predicted octanol–water partition coefficient (Wildman–Crippen LogP) is 5.05. The average Bonchev–Trinajstić information content (AvgIpc) is 3.44. The van der Waals surface area contributed by atoms with E-state index in [-0.39, 0.29) is 11.5 Å². The van der Waals surface area contributed by atoms with Crippen LogP contribution < -0.4 is 9.47 Å². The Balaban J connectivity index is 1.32. The van der Waals surface area contributed by atoms with Gasteiger partial charge in [-0.15, -0.1) is 0 Å². The van der Waals surface area contributed by atoms with E-state index >= 15 is 0 Å². The van der Waals surface area contributed by atoms with Crippen molar-refractivity contribution >= 4 is 17.8 Å². The molecule has 5 nitrogen and oxygen atoms in total. The van der Waals surface area contributed by atoms with Crippen LogP contribution in [-0.2, 0) is 9.53 Å². The average molecular weight is 412 g/mol. The van der Waals surface area contributed by atoms with E-state index in [2.05, 4.69) is 12.1 Å². The highest BCUT2D eigenvalue weighted by Gasteiger charge is 2.29. The first kappa shape index (κ1) is 19.3. The van der Waals surface area contributed by atoms with Crippen molar-refractivity contribution in [2.45, 2.75) is 18.9 Å². The maximum atomic E-state index is 12.7. The highest BCUT2D eigenvalue weighted by molar-refractivity contribution is 6.14. The van der Waals surface area contributed by atoms with Crippen molar-refractivity contribution in [2.75, 3.05) is 6.61 Å². The lowest BCUT2D eigenvalue weighted by atomic mass is 10.0. The van der Waals surface area contributed by atoms with E-state index in [1.54, 1.807) is 24.3 Å². The lowest BCUT2D eigenvalue weighted by molar-refractivity contribution is -0.144. The Labute approximate surface area is 179 Å². The van der Waals surface area contributed by atoms with Crippen molar-refractivity contribution in [3.8, 4) is 22.6 Å². The second-order valence-electron chi connectivity index (χ2n) is 7.51. The van der Waals surface area contributed by atoms with Gasteiger partial charge >= 0.3 is 5.97 Å². The molecule has 1 fully saturated rings. The molecule has 0 spiro atoms. The molecule has 1 saturated heterocycles. The van der Waals surface area contributed by atoms with Gasteiger partial charge in [0, 0.05) is 12.7 Å². The van der Waals surface area contributed by atoms with Gasteiger partial charge < -0.3 is 14.2 Å². The van der Waals surface area contributed by atoms with Gasteiger partial charge in [0.15, 0.2) is 11.9 Å². The SMILES string of the molecule is O=C1/C(=C/c2ccc(-c3ccccc3)cc2)Oc2cc(OC(=O)C3CCCO3)ccc21. The van der Waals surface area contributed by atoms with Crippen molar-refractivity contribution in [1.82, 2.24) is 0 Å². The van der Waals surface area contributed by atoms with Crippen molar-refractivity contribution in [3.63, 3.8) is 0 Å². The van der Waals surface area contributed by atoms with Gasteiger partial charge in [0.25, 0.3) is 0 Å². The van der Waals surface area contributed by atoms with E-state index in [1.165, 1.54) is 0 Å². The molecule has 2 aliphatic heterocycles. The smallest absolute Gasteiger partial charge is 0.340 e. The second-order valence-corrected chi connectivity index (χ2v) is 7.51. The Kier molecular flexibility index (Phi) is 5.10. The molecule has 0 bridgehead atoms. The molecular weight excluding hydrogens is 392 g/mol. The number of Topliss-reactive ketones (excluding diaryl/α,β-unsaturated/α-hetero) is 1. The van der Waals surface area contributed by atoms with Crippen LogP contribution in [0.1, 0.15) is 28.8 Å². The zero-order valence-electron chi connectivity index (χ0n) is 16.7. The number of carbonyl (C=O) groups excluding carboxylic acids is 2. The number of hydrogen-bond acceptors (Lipinski definition) is 5. The van der Waals surface area contributed by atoms with Crippen LogP contribution in [0.4, 0.5) is 0 Å². The second kappa shape index (κ2) is 8.20. The molecule has 3 aromatic rings. The van der Waals surface area contributed by atoms with Crippen molar-refractivity contribution in [3.05, 3.63) is 89.7 Å². The summed E-state index contributed by atoms with van der Waals surface area (Å²) in [6, 6.07) is 22.8. The third kappa shape index (κ3) is 4.00. The number of hydrogen-bond donors (Lipinski definition) is 0. The quantitative estimate of drug-likeness (QED) is 0.341. The molecule has 5 heteroatoms. The summed E-state index contributed by atoms with van der Waals surface area (Å²) < 4.78 is 16.5. The first-order valence-corrected chi connectivity index (χ1v) is 10.2. The zero-order chi connectivity index (χ0) is 21.2. The van der Waals surface area contributed by atoms with Crippen LogP contribution in [-0.4, -0.2) is 24.5 Å². The Morgan fingerprint density at radius 3 is 2.48 bits per heavy atom. The minimum atomic E-state index is -0.523. The number of ether oxygens (including phenoxy) is 3. The maximum Gasteiger partial charge on any atom is 0.340 e. The maximum absolute atomic E-state index is 12.7. The molecule has 1 atom stereocenters. The molecule has 3 aromatic carbocycles. The summed E-state index contributed by atoms with van der Waals surface area (Å²) in [4.78, 5) is 24.9. The fourth-order valence-electron chi connectivity index (χ4n) is 3.73. The van der Waals surface area contributed by atoms with E-state index in [4.69, 9.17) is 14.2 Å². The van der Waals surface area contributed by atoms with Crippen molar-refractivity contribution < 1.29 is 23.8 Å². The fourth-order valence-corrected chi connectivity index (χ4v) is 3.73. The first-order chi connectivity index (χ1) is 15.2. The molecule has 0 aliphatic carbocycles. The van der Waals surface area contributed by atoms with Crippen LogP contribution in [0.2, 0.25) is 0 Å². The third-order valence-electron chi connectivity index (χ3n) is 5.37. The fraction of sp³-hybridized carbons (Fsp3) is 0.154. The summed E-state index contributed by atoms with van der Waals surface area (Å²) in [5, 5.41) is 0. The summed E-state index contributed by atoms with van der Waals surface area (Å²) in [6.45, 7) is 0.571. The van der Waals surface area contributed by atoms with Crippen molar-refractivity contribution in [2.24, 2.45) is 0 Å². The van der Waals surface area contributed by atoms with Gasteiger partial charge in [0.2, 0.25) is 5.78 Å². The van der Waals surface area contributed by atoms with Crippen LogP contribution in [0, 0.1) is 0 Å². The molecule has 154 valence electrons. The van der Waals surface area contributed by atoms with Crippen LogP contribution in [0.15, 0.2) is 78.6 Å². The number of ketones is 1. The Morgan fingerprint density at radius 1 is 0.968 bits per heavy atom. The summed E-state index contributed by atoms with van der Waals surface area (Å²) in [6.07, 6.45) is 2.71. The molecule has 0 saturated carbocycles. The van der Waals surface area contributed by atoms with Gasteiger partial charge in [-0.2, -0.15) is 0 Å². The van der Waals surface area contributed by atoms with Crippen molar-refractivity contribution in [1.29, 1.82) is 0 Å². The van der Waals surface area contributed by atoms with Gasteiger partial charge in [-0.25, -0.2) is 4.79 Å². The van der Waals surface area contributed by atoms with E-state index < -0.39 is 12.1 Å². The highest BCUT2D eigenvalue weighted by atomic mass is 16.6. The summed E-state index contributed by atoms with van der Waals surface area (Å²) in [5.74, 6) is 0.343. The molecule has 31 heavy (non-hydrogen) atoms. The van der Waals surface area contributed by atoms with E-state index in [1.807, 2.05) is 42.5 Å². The summed E-state index contributed by atoms with van der Waals surface area (Å²) in [7, 11) is 0. The predicted molar refractivity (Wildman–Crippen MR) is 116 cm³/mol. The normalized spacial score (nSPS) is 18.6. The monoisotopic (exact) mass is 412 g/mol. The molecule has 2 heterocycles. The van der Waals surface area contributed by atoms with Crippen LogP contribution in [0.3, 0.4) is 0 Å². The molecule has 1 unspecified atom stereocenters. The Hall–Kier alpha value is -3.70. The van der Waals surface area contributed by atoms with E-state index in [9.17, 15) is 9.59 Å². The highest BCUT2D eigenvalue weighted by Crippen LogP contribution is 2.35. The summed E-state index contributed by atoms with van der Waals surface area (Å²) in [5.41, 5.74) is 3.54. The number of esters is 1. The van der Waals surface area contributed by atoms with Gasteiger partial charge in [-0.1, -0.05) is 54.6 Å². The Bertz CT molecular complexity index is 1160. The van der Waals surface area contributed by atoms with Gasteiger partial charge in [-0.3, -0.25) is 4.79 Å². The molecule has 0 aromatic heterocycles. The van der Waals surface area contributed by atoms with E-state index in [0.29, 0.717) is 30.1 Å². The minimum Gasteiger partial charge on any atom is -0.452 e. The van der Waals surface area contributed by atoms with Gasteiger partial charge in [0.1, 0.15) is 11.5 Å². The van der Waals surface area contributed by atoms with Crippen LogP contribution in [0.25, 0.3) is 17.2 Å². The van der Waals surface area contributed by atoms with E-state index in [0.717, 1.165) is 23.1 Å². The zero-order valence-corrected chi connectivity index (χ0v) is 16.7. The molecule has 0 amide bonds. The lowest BCUT2D eigenvalue weighted by Gasteiger charge is -2.09. The summed E-state index contributed by atoms with van der Waals surface area (Å²) >= 11 is 0. The number of rotatable bonds is 4. The Morgan fingerprint density at radius 2 is 1.74 bits per heavy atom. The number of allylic oxidation sites excluding steroid dienone is 1. The molecule has 5 rings (SSSR count). The van der Waals surface area contributed by atoms with Crippen LogP contribution >= 0.6 is 0 Å². The van der Waals surface area contributed by atoms with Crippen LogP contribution in [0.5, 0.6) is 11.5 Å². The molecule has 2 aliphatic rings. The topological polar surface area (TPSA) is 61.8 Å². The molecule has 0 N–H and O–H groups in total. The largest absolute Gasteiger partial charge is 0.452 e. The lowest BCUT2D eigenvalue weighted by Crippen LogP contribution is -2.24. The molecule has 0 radical (unpaired) electrons. The molecular formula is C26H20O5. The number of fused-ring (bicyclic) bond motifs is 1. The van der Waals surface area contributed by atoms with Gasteiger partial charge in [-0.05, 0) is 47.7 Å². The number of carbonyl (C=O) groups is 2. The van der Waals surface area contributed by atoms with Gasteiger partial charge in [0.05, 0.1) is 5.56 Å². The third-order valence-corrected chi connectivity index (χ3v) is 5.37. The standard InChI is InChI=1S/C26H20O5/c27-25-21-13-12-20(30-26(28)22-7-4-14-29-22)16-23(21)31-24(25)15-17-8-10-19(11-9-17)18-5-2-1-3-6-18/h1-3,5-6,8-13,15-16,22H,4,7,14H2/b24-15-.